The van der Waals surface area contributed by atoms with Crippen molar-refractivity contribution >= 4 is 0 Å². The SMILES string of the molecule is CCCCCCCCCCCCCCCCCCN1CCC[N+](C)(Cc2cccc(C)c2)CC1.[Br-]. The van der Waals surface area contributed by atoms with Gasteiger partial charge < -0.3 is 21.5 Å². The summed E-state index contributed by atoms with van der Waals surface area (Å²) < 4.78 is 1.21. The summed E-state index contributed by atoms with van der Waals surface area (Å²) in [7, 11) is 2.47. The molecule has 1 fully saturated rings. The second-order valence-corrected chi connectivity index (χ2v) is 11.7. The maximum Gasteiger partial charge on any atom is 0.104 e. The van der Waals surface area contributed by atoms with Crippen molar-refractivity contribution in [1.82, 2.24) is 4.90 Å². The van der Waals surface area contributed by atoms with E-state index in [0.29, 0.717) is 0 Å². The predicted molar refractivity (Wildman–Crippen MR) is 151 cm³/mol. The Morgan fingerprint density at radius 1 is 0.714 bits per heavy atom. The average molecular weight is 552 g/mol. The van der Waals surface area contributed by atoms with Crippen LogP contribution in [0.25, 0.3) is 0 Å². The van der Waals surface area contributed by atoms with Crippen LogP contribution < -0.4 is 17.0 Å². The van der Waals surface area contributed by atoms with Gasteiger partial charge in [-0.05, 0) is 19.9 Å². The molecule has 1 unspecified atom stereocenters. The Hall–Kier alpha value is -0.380. The lowest BCUT2D eigenvalue weighted by Gasteiger charge is -2.33. The molecule has 204 valence electrons. The zero-order valence-electron chi connectivity index (χ0n) is 23.8. The van der Waals surface area contributed by atoms with E-state index in [1.54, 1.807) is 0 Å². The van der Waals surface area contributed by atoms with Gasteiger partial charge in [0.2, 0.25) is 0 Å². The molecule has 0 spiro atoms. The molecule has 0 amide bonds. The number of likely N-dealkylation sites (N-methyl/N-ethyl adjacent to an activating group) is 1. The largest absolute Gasteiger partial charge is 1.00 e. The van der Waals surface area contributed by atoms with E-state index >= 15 is 0 Å². The monoisotopic (exact) mass is 550 g/mol. The van der Waals surface area contributed by atoms with Gasteiger partial charge in [0.15, 0.2) is 0 Å². The van der Waals surface area contributed by atoms with Crippen molar-refractivity contribution in [3.63, 3.8) is 0 Å². The van der Waals surface area contributed by atoms with E-state index in [9.17, 15) is 0 Å². The topological polar surface area (TPSA) is 3.24 Å². The summed E-state index contributed by atoms with van der Waals surface area (Å²) in [5, 5.41) is 0. The van der Waals surface area contributed by atoms with Crippen LogP contribution in [0.3, 0.4) is 0 Å². The molecule has 1 aromatic carbocycles. The van der Waals surface area contributed by atoms with Crippen molar-refractivity contribution in [3.8, 4) is 0 Å². The Morgan fingerprint density at radius 3 is 1.80 bits per heavy atom. The first-order valence-corrected chi connectivity index (χ1v) is 15.2. The van der Waals surface area contributed by atoms with E-state index in [1.165, 1.54) is 164 Å². The number of hydrogen-bond acceptors (Lipinski definition) is 1. The second kappa shape index (κ2) is 20.7. The smallest absolute Gasteiger partial charge is 0.104 e. The number of benzene rings is 1. The van der Waals surface area contributed by atoms with Crippen LogP contribution in [-0.2, 0) is 6.54 Å². The molecule has 3 heteroatoms. The van der Waals surface area contributed by atoms with Crippen LogP contribution in [0.1, 0.15) is 127 Å². The van der Waals surface area contributed by atoms with Crippen LogP contribution in [0.4, 0.5) is 0 Å². The highest BCUT2D eigenvalue weighted by Gasteiger charge is 2.26. The Morgan fingerprint density at radius 2 is 1.26 bits per heavy atom. The molecule has 0 saturated carbocycles. The quantitative estimate of drug-likeness (QED) is 0.153. The molecule has 2 nitrogen and oxygen atoms in total. The summed E-state index contributed by atoms with van der Waals surface area (Å²) in [5.41, 5.74) is 2.90. The fourth-order valence-electron chi connectivity index (χ4n) is 5.80. The molecule has 0 radical (unpaired) electrons. The van der Waals surface area contributed by atoms with E-state index in [2.05, 4.69) is 50.1 Å². The lowest BCUT2D eigenvalue weighted by Crippen LogP contribution is -3.00. The molecule has 1 atom stereocenters. The van der Waals surface area contributed by atoms with Crippen molar-refractivity contribution in [2.24, 2.45) is 0 Å². The average Bonchev–Trinajstić information content (AvgIpc) is 3.00. The number of quaternary nitrogens is 1. The van der Waals surface area contributed by atoms with Gasteiger partial charge in [-0.25, -0.2) is 0 Å². The minimum Gasteiger partial charge on any atom is -1.00 e. The van der Waals surface area contributed by atoms with E-state index in [4.69, 9.17) is 0 Å². The van der Waals surface area contributed by atoms with Gasteiger partial charge in [-0.3, -0.25) is 4.90 Å². The van der Waals surface area contributed by atoms with Gasteiger partial charge in [0.25, 0.3) is 0 Å². The lowest BCUT2D eigenvalue weighted by atomic mass is 10.0. The van der Waals surface area contributed by atoms with Crippen LogP contribution in [0.5, 0.6) is 0 Å². The summed E-state index contributed by atoms with van der Waals surface area (Å²) in [4.78, 5) is 2.75. The van der Waals surface area contributed by atoms with Gasteiger partial charge >= 0.3 is 0 Å². The zero-order chi connectivity index (χ0) is 24.3. The van der Waals surface area contributed by atoms with Gasteiger partial charge in [-0.2, -0.15) is 0 Å². The number of aryl methyl sites for hydroxylation is 1. The molecule has 1 aliphatic heterocycles. The number of halogens is 1. The van der Waals surface area contributed by atoms with Crippen LogP contribution in [0, 0.1) is 6.92 Å². The molecule has 1 saturated heterocycles. The van der Waals surface area contributed by atoms with E-state index in [1.807, 2.05) is 0 Å². The van der Waals surface area contributed by atoms with Crippen LogP contribution in [0.15, 0.2) is 24.3 Å². The van der Waals surface area contributed by atoms with Crippen molar-refractivity contribution < 1.29 is 21.5 Å². The summed E-state index contributed by atoms with van der Waals surface area (Å²) in [6.07, 6.45) is 24.6. The maximum absolute atomic E-state index is 2.75. The molecule has 1 aromatic rings. The Balaban J connectivity index is 0.00000612. The van der Waals surface area contributed by atoms with Crippen LogP contribution in [-0.4, -0.2) is 49.2 Å². The molecule has 35 heavy (non-hydrogen) atoms. The highest BCUT2D eigenvalue weighted by atomic mass is 79.9. The highest BCUT2D eigenvalue weighted by Crippen LogP contribution is 2.18. The molecular formula is C32H59BrN2. The normalized spacial score (nSPS) is 18.8. The second-order valence-electron chi connectivity index (χ2n) is 11.7. The van der Waals surface area contributed by atoms with Gasteiger partial charge in [0, 0.05) is 25.1 Å². The summed E-state index contributed by atoms with van der Waals surface area (Å²) in [6, 6.07) is 9.13. The Labute approximate surface area is 230 Å². The molecule has 0 aliphatic carbocycles. The first kappa shape index (κ1) is 32.6. The van der Waals surface area contributed by atoms with Crippen LogP contribution in [0.2, 0.25) is 0 Å². The molecule has 1 heterocycles. The molecule has 0 N–H and O–H groups in total. The van der Waals surface area contributed by atoms with Gasteiger partial charge in [-0.1, -0.05) is 133 Å². The molecule has 0 bridgehead atoms. The first-order valence-electron chi connectivity index (χ1n) is 15.2. The van der Waals surface area contributed by atoms with Gasteiger partial charge in [0.05, 0.1) is 20.1 Å². The summed E-state index contributed by atoms with van der Waals surface area (Å²) in [5.74, 6) is 0. The minimum atomic E-state index is 0. The number of hydrogen-bond donors (Lipinski definition) is 0. The minimum absolute atomic E-state index is 0. The third-order valence-electron chi connectivity index (χ3n) is 8.10. The number of rotatable bonds is 19. The summed E-state index contributed by atoms with van der Waals surface area (Å²) in [6.45, 7) is 12.2. The molecular weight excluding hydrogens is 492 g/mol. The number of nitrogens with zero attached hydrogens (tertiary/aromatic N) is 2. The zero-order valence-corrected chi connectivity index (χ0v) is 25.4. The fourth-order valence-corrected chi connectivity index (χ4v) is 5.80. The van der Waals surface area contributed by atoms with E-state index in [-0.39, 0.29) is 17.0 Å². The van der Waals surface area contributed by atoms with E-state index < -0.39 is 0 Å². The van der Waals surface area contributed by atoms with Crippen molar-refractivity contribution in [3.05, 3.63) is 35.4 Å². The van der Waals surface area contributed by atoms with Crippen molar-refractivity contribution in [2.75, 3.05) is 39.8 Å². The first-order chi connectivity index (χ1) is 16.6. The third-order valence-corrected chi connectivity index (χ3v) is 8.10. The summed E-state index contributed by atoms with van der Waals surface area (Å²) >= 11 is 0. The Bertz CT molecular complexity index is 619. The lowest BCUT2D eigenvalue weighted by molar-refractivity contribution is -0.920. The number of unbranched alkanes of at least 4 members (excludes halogenated alkanes) is 15. The standard InChI is InChI=1S/C32H59N2.BrH/c1-4-5-6-7-8-9-10-11-12-13-14-15-16-17-18-19-24-33-25-21-27-34(3,28-26-33)30-32-23-20-22-31(2)29-32;/h20,22-23,29H,4-19,21,24-28,30H2,1-3H3;1H/q+1;/p-1. The van der Waals surface area contributed by atoms with Crippen molar-refractivity contribution in [1.29, 1.82) is 0 Å². The highest BCUT2D eigenvalue weighted by molar-refractivity contribution is 5.21. The van der Waals surface area contributed by atoms with Gasteiger partial charge in [0.1, 0.15) is 6.54 Å². The Kier molecular flexibility index (Phi) is 19.3. The molecule has 2 rings (SSSR count). The predicted octanol–water partition coefficient (Wildman–Crippen LogP) is 5.91. The van der Waals surface area contributed by atoms with Crippen molar-refractivity contribution in [2.45, 2.75) is 130 Å². The fraction of sp³-hybridized carbons (Fsp3) is 0.812. The maximum atomic E-state index is 2.75. The van der Waals surface area contributed by atoms with Gasteiger partial charge in [-0.15, -0.1) is 0 Å². The molecule has 0 aromatic heterocycles. The molecule has 1 aliphatic rings. The van der Waals surface area contributed by atoms with Crippen LogP contribution >= 0.6 is 0 Å². The third kappa shape index (κ3) is 16.2. The van der Waals surface area contributed by atoms with E-state index in [0.717, 1.165) is 0 Å².